The van der Waals surface area contributed by atoms with E-state index in [0.29, 0.717) is 18.0 Å². The van der Waals surface area contributed by atoms with Gasteiger partial charge in [-0.15, -0.1) is 0 Å². The van der Waals surface area contributed by atoms with Crippen molar-refractivity contribution in [2.45, 2.75) is 25.9 Å². The standard InChI is InChI=1S/C23H21F3N2O4/c1-2-32-17-8-6-16(7-9-17)28-21(30)18-10-5-14(12-19(18)22(28)31)20(29)27-11-3-4-15(13-27)23(24,25)26/h5-10,12,15H,2-4,11,13H2,1H3/t15-/m0/s1. The maximum Gasteiger partial charge on any atom is 0.393 e. The van der Waals surface area contributed by atoms with Crippen LogP contribution in [0.5, 0.6) is 5.75 Å². The zero-order valence-corrected chi connectivity index (χ0v) is 17.3. The summed E-state index contributed by atoms with van der Waals surface area (Å²) in [6.07, 6.45) is -4.12. The fraction of sp³-hybridized carbons (Fsp3) is 0.348. The van der Waals surface area contributed by atoms with Crippen LogP contribution in [0.25, 0.3) is 0 Å². The molecule has 168 valence electrons. The number of likely N-dealkylation sites (tertiary alicyclic amines) is 1. The molecule has 0 aromatic heterocycles. The molecule has 0 spiro atoms. The largest absolute Gasteiger partial charge is 0.494 e. The third-order valence-corrected chi connectivity index (χ3v) is 5.71. The molecule has 6 nitrogen and oxygen atoms in total. The Morgan fingerprint density at radius 3 is 2.41 bits per heavy atom. The van der Waals surface area contributed by atoms with Gasteiger partial charge >= 0.3 is 6.18 Å². The number of carbonyl (C=O) groups is 3. The van der Waals surface area contributed by atoms with Crippen molar-refractivity contribution in [1.82, 2.24) is 4.90 Å². The van der Waals surface area contributed by atoms with Crippen LogP contribution in [0.2, 0.25) is 0 Å². The number of fused-ring (bicyclic) bond motifs is 1. The second-order valence-corrected chi connectivity index (χ2v) is 7.76. The number of piperidine rings is 1. The summed E-state index contributed by atoms with van der Waals surface area (Å²) in [5, 5.41) is 0. The molecule has 2 heterocycles. The van der Waals surface area contributed by atoms with E-state index in [4.69, 9.17) is 4.74 Å². The highest BCUT2D eigenvalue weighted by atomic mass is 19.4. The zero-order chi connectivity index (χ0) is 23.0. The summed E-state index contributed by atoms with van der Waals surface area (Å²) in [6.45, 7) is 2.12. The van der Waals surface area contributed by atoms with E-state index in [1.54, 1.807) is 24.3 Å². The summed E-state index contributed by atoms with van der Waals surface area (Å²) >= 11 is 0. The van der Waals surface area contributed by atoms with Crippen molar-refractivity contribution in [2.75, 3.05) is 24.6 Å². The molecule has 0 aliphatic carbocycles. The van der Waals surface area contributed by atoms with Crippen LogP contribution >= 0.6 is 0 Å². The topological polar surface area (TPSA) is 66.9 Å². The van der Waals surface area contributed by atoms with E-state index in [1.165, 1.54) is 18.2 Å². The van der Waals surface area contributed by atoms with Gasteiger partial charge in [-0.2, -0.15) is 13.2 Å². The maximum absolute atomic E-state index is 13.1. The SMILES string of the molecule is CCOc1ccc(N2C(=O)c3ccc(C(=O)N4CCC[C@H](C(F)(F)F)C4)cc3C2=O)cc1. The van der Waals surface area contributed by atoms with Crippen molar-refractivity contribution in [2.24, 2.45) is 5.92 Å². The van der Waals surface area contributed by atoms with Gasteiger partial charge in [-0.05, 0) is 62.2 Å². The van der Waals surface area contributed by atoms with Gasteiger partial charge < -0.3 is 9.64 Å². The lowest BCUT2D eigenvalue weighted by Gasteiger charge is -2.33. The molecular weight excluding hydrogens is 425 g/mol. The van der Waals surface area contributed by atoms with Gasteiger partial charge in [0.2, 0.25) is 0 Å². The number of amides is 3. The molecule has 0 unspecified atom stereocenters. The van der Waals surface area contributed by atoms with E-state index in [2.05, 4.69) is 0 Å². The van der Waals surface area contributed by atoms with E-state index in [1.807, 2.05) is 6.92 Å². The van der Waals surface area contributed by atoms with E-state index < -0.39 is 36.4 Å². The fourth-order valence-corrected chi connectivity index (χ4v) is 4.08. The fourth-order valence-electron chi connectivity index (χ4n) is 4.08. The number of carbonyl (C=O) groups excluding carboxylic acids is 3. The Hall–Kier alpha value is -3.36. The second-order valence-electron chi connectivity index (χ2n) is 7.76. The van der Waals surface area contributed by atoms with Crippen LogP contribution in [-0.2, 0) is 0 Å². The van der Waals surface area contributed by atoms with Gasteiger partial charge in [-0.3, -0.25) is 14.4 Å². The van der Waals surface area contributed by atoms with E-state index in [-0.39, 0.29) is 36.1 Å². The Morgan fingerprint density at radius 2 is 1.75 bits per heavy atom. The van der Waals surface area contributed by atoms with E-state index >= 15 is 0 Å². The summed E-state index contributed by atoms with van der Waals surface area (Å²) in [6, 6.07) is 10.5. The first-order valence-corrected chi connectivity index (χ1v) is 10.3. The Labute approximate surface area is 182 Å². The van der Waals surface area contributed by atoms with Crippen LogP contribution in [0, 0.1) is 5.92 Å². The van der Waals surface area contributed by atoms with Gasteiger partial charge in [0, 0.05) is 18.7 Å². The average Bonchev–Trinajstić information content (AvgIpc) is 3.03. The summed E-state index contributed by atoms with van der Waals surface area (Å²) in [4.78, 5) is 40.8. The predicted molar refractivity (Wildman–Crippen MR) is 110 cm³/mol. The number of imide groups is 1. The van der Waals surface area contributed by atoms with Crippen LogP contribution in [0.4, 0.5) is 18.9 Å². The number of alkyl halides is 3. The highest BCUT2D eigenvalue weighted by Crippen LogP contribution is 2.34. The minimum absolute atomic E-state index is 0.0124. The molecule has 0 N–H and O–H groups in total. The molecule has 4 rings (SSSR count). The lowest BCUT2D eigenvalue weighted by molar-refractivity contribution is -0.184. The van der Waals surface area contributed by atoms with Crippen molar-refractivity contribution in [3.63, 3.8) is 0 Å². The Kier molecular flexibility index (Phi) is 5.66. The molecule has 32 heavy (non-hydrogen) atoms. The highest BCUT2D eigenvalue weighted by Gasteiger charge is 2.43. The molecular formula is C23H21F3N2O4. The normalized spacial score (nSPS) is 18.7. The lowest BCUT2D eigenvalue weighted by atomic mass is 9.96. The Morgan fingerprint density at radius 1 is 1.06 bits per heavy atom. The number of hydrogen-bond acceptors (Lipinski definition) is 4. The van der Waals surface area contributed by atoms with E-state index in [0.717, 1.165) is 9.80 Å². The summed E-state index contributed by atoms with van der Waals surface area (Å²) in [5.74, 6) is -2.66. The van der Waals surface area contributed by atoms with Gasteiger partial charge in [0.05, 0.1) is 29.3 Å². The van der Waals surface area contributed by atoms with E-state index in [9.17, 15) is 27.6 Å². The lowest BCUT2D eigenvalue weighted by Crippen LogP contribution is -2.44. The van der Waals surface area contributed by atoms with Crippen LogP contribution in [0.1, 0.15) is 50.8 Å². The molecule has 2 aliphatic rings. The quantitative estimate of drug-likeness (QED) is 0.657. The molecule has 0 saturated carbocycles. The van der Waals surface area contributed by atoms with Crippen molar-refractivity contribution < 1.29 is 32.3 Å². The number of hydrogen-bond donors (Lipinski definition) is 0. The van der Waals surface area contributed by atoms with Crippen molar-refractivity contribution in [3.8, 4) is 5.75 Å². The number of benzene rings is 2. The van der Waals surface area contributed by atoms with Gasteiger partial charge in [0.15, 0.2) is 0 Å². The third kappa shape index (κ3) is 3.94. The van der Waals surface area contributed by atoms with Gasteiger partial charge in [0.1, 0.15) is 5.75 Å². The molecule has 1 fully saturated rings. The number of anilines is 1. The average molecular weight is 446 g/mol. The van der Waals surface area contributed by atoms with Crippen LogP contribution in [0.3, 0.4) is 0 Å². The molecule has 0 radical (unpaired) electrons. The van der Waals surface area contributed by atoms with Crippen molar-refractivity contribution in [3.05, 3.63) is 59.2 Å². The minimum Gasteiger partial charge on any atom is -0.494 e. The van der Waals surface area contributed by atoms with Crippen LogP contribution in [0.15, 0.2) is 42.5 Å². The number of ether oxygens (including phenoxy) is 1. The van der Waals surface area contributed by atoms with Crippen LogP contribution in [-0.4, -0.2) is 48.5 Å². The smallest absolute Gasteiger partial charge is 0.393 e. The third-order valence-electron chi connectivity index (χ3n) is 5.71. The minimum atomic E-state index is -4.36. The molecule has 9 heteroatoms. The maximum atomic E-state index is 13.1. The predicted octanol–water partition coefficient (Wildman–Crippen LogP) is 4.30. The first kappa shape index (κ1) is 21.9. The van der Waals surface area contributed by atoms with Gasteiger partial charge in [0.25, 0.3) is 17.7 Å². The molecule has 2 aliphatic heterocycles. The molecule has 0 bridgehead atoms. The van der Waals surface area contributed by atoms with Crippen LogP contribution < -0.4 is 9.64 Å². The number of nitrogens with zero attached hydrogens (tertiary/aromatic N) is 2. The Bertz CT molecular complexity index is 1070. The number of halogens is 3. The molecule has 3 amide bonds. The monoisotopic (exact) mass is 446 g/mol. The summed E-state index contributed by atoms with van der Waals surface area (Å²) < 4.78 is 44.6. The molecule has 1 atom stereocenters. The number of rotatable bonds is 4. The molecule has 2 aromatic carbocycles. The van der Waals surface area contributed by atoms with Crippen molar-refractivity contribution >= 4 is 23.4 Å². The second kappa shape index (κ2) is 8.29. The first-order chi connectivity index (χ1) is 15.2. The first-order valence-electron chi connectivity index (χ1n) is 10.3. The van der Waals surface area contributed by atoms with Gasteiger partial charge in [-0.25, -0.2) is 4.90 Å². The van der Waals surface area contributed by atoms with Crippen molar-refractivity contribution in [1.29, 1.82) is 0 Å². The van der Waals surface area contributed by atoms with Gasteiger partial charge in [-0.1, -0.05) is 0 Å². The summed E-state index contributed by atoms with van der Waals surface area (Å²) in [7, 11) is 0. The summed E-state index contributed by atoms with van der Waals surface area (Å²) in [5.41, 5.74) is 0.643. The molecule has 1 saturated heterocycles. The highest BCUT2D eigenvalue weighted by molar-refractivity contribution is 6.34. The Balaban J connectivity index is 1.57. The zero-order valence-electron chi connectivity index (χ0n) is 17.3. The molecule has 2 aromatic rings.